The van der Waals surface area contributed by atoms with Crippen molar-refractivity contribution in [3.8, 4) is 16.9 Å². The number of hydrogen-bond donors (Lipinski definition) is 1. The van der Waals surface area contributed by atoms with Gasteiger partial charge in [-0.25, -0.2) is 0 Å². The molecule has 1 saturated carbocycles. The van der Waals surface area contributed by atoms with E-state index in [9.17, 15) is 0 Å². The predicted octanol–water partition coefficient (Wildman–Crippen LogP) is 6.55. The normalized spacial score (nSPS) is 25.0. The van der Waals surface area contributed by atoms with Crippen molar-refractivity contribution < 1.29 is 4.74 Å². The van der Waals surface area contributed by atoms with Crippen molar-refractivity contribution in [2.45, 2.75) is 56.5 Å². The number of rotatable bonds is 2. The molecular weight excluding hydrogens is 377 g/mol. The molecule has 0 radical (unpaired) electrons. The monoisotopic (exact) mass is 401 g/mol. The van der Waals surface area contributed by atoms with Crippen molar-refractivity contribution in [2.75, 3.05) is 13.1 Å². The summed E-state index contributed by atoms with van der Waals surface area (Å²) >= 11 is 12.7. The van der Waals surface area contributed by atoms with Crippen LogP contribution in [0.4, 0.5) is 0 Å². The molecular formula is C23H25Cl2NO. The van der Waals surface area contributed by atoms with Gasteiger partial charge in [-0.2, -0.15) is 0 Å². The first-order valence-corrected chi connectivity index (χ1v) is 11.0. The fourth-order valence-electron chi connectivity index (χ4n) is 5.12. The third-order valence-corrected chi connectivity index (χ3v) is 7.07. The lowest BCUT2D eigenvalue weighted by Crippen LogP contribution is -2.37. The molecule has 5 rings (SSSR count). The van der Waals surface area contributed by atoms with Gasteiger partial charge in [-0.3, -0.25) is 0 Å². The highest BCUT2D eigenvalue weighted by Crippen LogP contribution is 2.49. The summed E-state index contributed by atoms with van der Waals surface area (Å²) in [4.78, 5) is 0. The van der Waals surface area contributed by atoms with E-state index in [1.807, 2.05) is 18.2 Å². The Labute approximate surface area is 171 Å². The van der Waals surface area contributed by atoms with Crippen LogP contribution in [0.25, 0.3) is 11.1 Å². The van der Waals surface area contributed by atoms with Gasteiger partial charge in [-0.15, -0.1) is 0 Å². The number of halogens is 2. The smallest absolute Gasteiger partial charge is 0.126 e. The standard InChI is InChI=1S/C23H25Cl2NO/c24-16-6-7-17(21(25)12-16)15-10-18(14-4-2-1-3-5-14)23-19(11-15)20-13-26-9-8-22(20)27-23/h6-7,10-12,14,20,22,26H,1-5,8-9,13H2/t20-,22-/m0/s1. The van der Waals surface area contributed by atoms with Gasteiger partial charge < -0.3 is 10.1 Å². The molecule has 1 saturated heterocycles. The minimum absolute atomic E-state index is 0.319. The highest BCUT2D eigenvalue weighted by molar-refractivity contribution is 6.36. The second-order valence-electron chi connectivity index (χ2n) is 8.20. The van der Waals surface area contributed by atoms with E-state index in [0.29, 0.717) is 28.0 Å². The van der Waals surface area contributed by atoms with Gasteiger partial charge in [0.15, 0.2) is 0 Å². The largest absolute Gasteiger partial charge is 0.489 e. The second-order valence-corrected chi connectivity index (χ2v) is 9.04. The molecule has 0 spiro atoms. The first kappa shape index (κ1) is 17.8. The van der Waals surface area contributed by atoms with Crippen LogP contribution >= 0.6 is 23.2 Å². The number of nitrogens with one attached hydrogen (secondary N) is 1. The highest BCUT2D eigenvalue weighted by atomic mass is 35.5. The van der Waals surface area contributed by atoms with Gasteiger partial charge in [-0.1, -0.05) is 48.5 Å². The van der Waals surface area contributed by atoms with Gasteiger partial charge in [0.25, 0.3) is 0 Å². The highest BCUT2D eigenvalue weighted by Gasteiger charge is 2.39. The molecule has 0 bridgehead atoms. The fraction of sp³-hybridized carbons (Fsp3) is 0.478. The zero-order valence-electron chi connectivity index (χ0n) is 15.4. The molecule has 2 aliphatic heterocycles. The summed E-state index contributed by atoms with van der Waals surface area (Å²) in [6.45, 7) is 2.05. The van der Waals surface area contributed by atoms with Gasteiger partial charge in [0, 0.05) is 33.6 Å². The van der Waals surface area contributed by atoms with Crippen LogP contribution in [0, 0.1) is 0 Å². The number of piperidine rings is 1. The maximum absolute atomic E-state index is 6.56. The molecule has 3 aliphatic rings. The molecule has 2 fully saturated rings. The lowest BCUT2D eigenvalue weighted by Gasteiger charge is -2.25. The van der Waals surface area contributed by atoms with Crippen molar-refractivity contribution in [3.63, 3.8) is 0 Å². The van der Waals surface area contributed by atoms with Gasteiger partial charge in [0.2, 0.25) is 0 Å². The van der Waals surface area contributed by atoms with Crippen molar-refractivity contribution in [1.29, 1.82) is 0 Å². The number of fused-ring (bicyclic) bond motifs is 3. The van der Waals surface area contributed by atoms with Gasteiger partial charge >= 0.3 is 0 Å². The van der Waals surface area contributed by atoms with Crippen LogP contribution in [0.1, 0.15) is 61.5 Å². The summed E-state index contributed by atoms with van der Waals surface area (Å²) in [7, 11) is 0. The SMILES string of the molecule is Clc1ccc(-c2cc(C3CCCCC3)c3c(c2)[C@@H]2CNCC[C@@H]2O3)c(Cl)c1. The average molecular weight is 402 g/mol. The minimum Gasteiger partial charge on any atom is -0.489 e. The average Bonchev–Trinajstić information content (AvgIpc) is 3.07. The van der Waals surface area contributed by atoms with Gasteiger partial charge in [-0.05, 0) is 67.1 Å². The van der Waals surface area contributed by atoms with Gasteiger partial charge in [0.1, 0.15) is 11.9 Å². The Balaban J connectivity index is 1.64. The summed E-state index contributed by atoms with van der Waals surface area (Å²) in [5.74, 6) is 2.23. The quantitative estimate of drug-likeness (QED) is 0.615. The van der Waals surface area contributed by atoms with Crippen LogP contribution < -0.4 is 10.1 Å². The Hall–Kier alpha value is -1.22. The molecule has 1 aliphatic carbocycles. The summed E-state index contributed by atoms with van der Waals surface area (Å²) in [6, 6.07) is 10.5. The molecule has 0 unspecified atom stereocenters. The Kier molecular flexibility index (Phi) is 4.83. The van der Waals surface area contributed by atoms with Crippen molar-refractivity contribution in [2.24, 2.45) is 0 Å². The van der Waals surface area contributed by atoms with E-state index in [-0.39, 0.29) is 0 Å². The molecule has 1 N–H and O–H groups in total. The molecule has 142 valence electrons. The van der Waals surface area contributed by atoms with E-state index in [1.165, 1.54) is 54.5 Å². The lowest BCUT2D eigenvalue weighted by molar-refractivity contribution is 0.170. The molecule has 2 atom stereocenters. The Morgan fingerprint density at radius 2 is 1.74 bits per heavy atom. The van der Waals surface area contributed by atoms with Crippen LogP contribution in [0.3, 0.4) is 0 Å². The Morgan fingerprint density at radius 3 is 2.56 bits per heavy atom. The zero-order valence-corrected chi connectivity index (χ0v) is 17.0. The predicted molar refractivity (Wildman–Crippen MR) is 112 cm³/mol. The second kappa shape index (κ2) is 7.31. The molecule has 0 aromatic heterocycles. The molecule has 2 heterocycles. The van der Waals surface area contributed by atoms with Crippen molar-refractivity contribution in [1.82, 2.24) is 5.32 Å². The third-order valence-electron chi connectivity index (χ3n) is 6.52. The maximum atomic E-state index is 6.56. The topological polar surface area (TPSA) is 21.3 Å². The van der Waals surface area contributed by atoms with E-state index in [2.05, 4.69) is 17.4 Å². The minimum atomic E-state index is 0.319. The van der Waals surface area contributed by atoms with Crippen LogP contribution in [0.5, 0.6) is 5.75 Å². The molecule has 2 aromatic rings. The Morgan fingerprint density at radius 1 is 0.926 bits per heavy atom. The summed E-state index contributed by atoms with van der Waals surface area (Å²) in [5.41, 5.74) is 5.04. The van der Waals surface area contributed by atoms with Crippen molar-refractivity contribution >= 4 is 23.2 Å². The number of benzene rings is 2. The molecule has 27 heavy (non-hydrogen) atoms. The lowest BCUT2D eigenvalue weighted by atomic mass is 9.80. The number of hydrogen-bond acceptors (Lipinski definition) is 2. The van der Waals surface area contributed by atoms with Crippen LogP contribution in [-0.4, -0.2) is 19.2 Å². The van der Waals surface area contributed by atoms with Crippen LogP contribution in [-0.2, 0) is 0 Å². The van der Waals surface area contributed by atoms with E-state index >= 15 is 0 Å². The van der Waals surface area contributed by atoms with Crippen LogP contribution in [0.15, 0.2) is 30.3 Å². The van der Waals surface area contributed by atoms with E-state index in [1.54, 1.807) is 0 Å². The van der Waals surface area contributed by atoms with E-state index < -0.39 is 0 Å². The number of ether oxygens (including phenoxy) is 1. The first-order valence-electron chi connectivity index (χ1n) is 10.2. The maximum Gasteiger partial charge on any atom is 0.126 e. The first-order chi connectivity index (χ1) is 13.2. The van der Waals surface area contributed by atoms with Gasteiger partial charge in [0.05, 0.1) is 0 Å². The van der Waals surface area contributed by atoms with E-state index in [4.69, 9.17) is 27.9 Å². The summed E-state index contributed by atoms with van der Waals surface area (Å²) in [6.07, 6.45) is 7.93. The van der Waals surface area contributed by atoms with Crippen LogP contribution in [0.2, 0.25) is 10.0 Å². The molecule has 2 nitrogen and oxygen atoms in total. The molecule has 2 aromatic carbocycles. The Bertz CT molecular complexity index is 860. The van der Waals surface area contributed by atoms with E-state index in [0.717, 1.165) is 25.1 Å². The molecule has 0 amide bonds. The fourth-order valence-corrected chi connectivity index (χ4v) is 5.64. The van der Waals surface area contributed by atoms with Crippen molar-refractivity contribution in [3.05, 3.63) is 51.5 Å². The third kappa shape index (κ3) is 3.26. The summed E-state index contributed by atoms with van der Waals surface area (Å²) in [5, 5.41) is 4.95. The molecule has 4 heteroatoms. The summed E-state index contributed by atoms with van der Waals surface area (Å²) < 4.78 is 6.54. The zero-order chi connectivity index (χ0) is 18.4.